The van der Waals surface area contributed by atoms with Crippen molar-refractivity contribution in [2.75, 3.05) is 0 Å². The van der Waals surface area contributed by atoms with Crippen LogP contribution in [-0.4, -0.2) is 5.60 Å². The van der Waals surface area contributed by atoms with E-state index in [1.165, 1.54) is 5.56 Å². The van der Waals surface area contributed by atoms with Crippen LogP contribution in [-0.2, 0) is 11.3 Å². The standard InChI is InChI=1S/C11H16O.2C5H12.CH4/c1-11(2,3)12-9-10-7-5-4-6-8-10;2*1-5(2,3)4;/h4-8H,9H2,1-3H3;2*1-4H3;1H4. The molecular weight excluding hydrogens is 280 g/mol. The van der Waals surface area contributed by atoms with Crippen molar-refractivity contribution in [2.24, 2.45) is 10.8 Å². The predicted molar refractivity (Wildman–Crippen MR) is 108 cm³/mol. The zero-order chi connectivity index (χ0) is 18.0. The normalized spacial score (nSPS) is 11.3. The third kappa shape index (κ3) is 44.9. The summed E-state index contributed by atoms with van der Waals surface area (Å²) in [5.41, 5.74) is 2.18. The van der Waals surface area contributed by atoms with Crippen molar-refractivity contribution in [1.29, 1.82) is 0 Å². The SMILES string of the molecule is C.CC(C)(C)C.CC(C)(C)C.CC(C)(C)OCc1ccccc1. The zero-order valence-electron chi connectivity index (χ0n) is 17.0. The molecule has 138 valence electrons. The van der Waals surface area contributed by atoms with E-state index in [1.54, 1.807) is 0 Å². The second-order valence-corrected chi connectivity index (χ2v) is 9.89. The molecule has 0 aromatic heterocycles. The van der Waals surface area contributed by atoms with E-state index in [1.807, 2.05) is 18.2 Å². The number of benzene rings is 1. The zero-order valence-corrected chi connectivity index (χ0v) is 17.0. The lowest BCUT2D eigenvalue weighted by Gasteiger charge is -2.19. The molecule has 0 N–H and O–H groups in total. The van der Waals surface area contributed by atoms with Crippen LogP contribution in [0.4, 0.5) is 0 Å². The highest BCUT2D eigenvalue weighted by atomic mass is 16.5. The maximum absolute atomic E-state index is 5.62. The average molecular weight is 325 g/mol. The summed E-state index contributed by atoms with van der Waals surface area (Å²) in [5, 5.41) is 0. The number of rotatable bonds is 2. The first-order valence-electron chi connectivity index (χ1n) is 8.26. The molecule has 1 heteroatoms. The van der Waals surface area contributed by atoms with Gasteiger partial charge in [0.15, 0.2) is 0 Å². The molecule has 0 aliphatic rings. The Bertz CT molecular complexity index is 334. The van der Waals surface area contributed by atoms with Crippen LogP contribution < -0.4 is 0 Å². The molecule has 1 rings (SSSR count). The molecule has 0 amide bonds. The molecule has 0 fully saturated rings. The van der Waals surface area contributed by atoms with Crippen LogP contribution in [0, 0.1) is 10.8 Å². The van der Waals surface area contributed by atoms with E-state index in [-0.39, 0.29) is 13.0 Å². The Balaban J connectivity index is -0.000000307. The summed E-state index contributed by atoms with van der Waals surface area (Å²) in [5.74, 6) is 0. The highest BCUT2D eigenvalue weighted by Gasteiger charge is 2.09. The fraction of sp³-hybridized carbons (Fsp3) is 0.727. The van der Waals surface area contributed by atoms with Crippen LogP contribution in [0.2, 0.25) is 0 Å². The highest BCUT2D eigenvalue weighted by molar-refractivity contribution is 5.13. The van der Waals surface area contributed by atoms with Crippen molar-refractivity contribution in [3.05, 3.63) is 35.9 Å². The highest BCUT2D eigenvalue weighted by Crippen LogP contribution is 2.11. The van der Waals surface area contributed by atoms with E-state index in [0.717, 1.165) is 0 Å². The van der Waals surface area contributed by atoms with Gasteiger partial charge in [0.25, 0.3) is 0 Å². The van der Waals surface area contributed by atoms with Gasteiger partial charge in [0, 0.05) is 0 Å². The minimum Gasteiger partial charge on any atom is -0.371 e. The van der Waals surface area contributed by atoms with Crippen molar-refractivity contribution in [1.82, 2.24) is 0 Å². The van der Waals surface area contributed by atoms with Crippen LogP contribution in [0.15, 0.2) is 30.3 Å². The lowest BCUT2D eigenvalue weighted by Crippen LogP contribution is -2.18. The summed E-state index contributed by atoms with van der Waals surface area (Å²) in [4.78, 5) is 0. The fourth-order valence-corrected chi connectivity index (χ4v) is 0.874. The van der Waals surface area contributed by atoms with Gasteiger partial charge in [-0.25, -0.2) is 0 Å². The third-order valence-electron chi connectivity index (χ3n) is 1.51. The minimum absolute atomic E-state index is 0. The van der Waals surface area contributed by atoms with Crippen molar-refractivity contribution in [3.8, 4) is 0 Å². The number of hydrogen-bond donors (Lipinski definition) is 0. The van der Waals surface area contributed by atoms with E-state index in [9.17, 15) is 0 Å². The molecule has 1 aromatic carbocycles. The smallest absolute Gasteiger partial charge is 0.0724 e. The van der Waals surface area contributed by atoms with Crippen molar-refractivity contribution in [2.45, 2.75) is 95.8 Å². The number of hydrogen-bond acceptors (Lipinski definition) is 1. The van der Waals surface area contributed by atoms with Gasteiger partial charge in [0.05, 0.1) is 12.2 Å². The Labute approximate surface area is 147 Å². The maximum Gasteiger partial charge on any atom is 0.0724 e. The number of ether oxygens (including phenoxy) is 1. The monoisotopic (exact) mass is 324 g/mol. The summed E-state index contributed by atoms with van der Waals surface area (Å²) in [6.45, 7) is 24.4. The first-order valence-corrected chi connectivity index (χ1v) is 8.26. The van der Waals surface area contributed by atoms with E-state index >= 15 is 0 Å². The molecule has 0 radical (unpaired) electrons. The molecule has 0 aliphatic carbocycles. The van der Waals surface area contributed by atoms with Crippen molar-refractivity contribution >= 4 is 0 Å². The summed E-state index contributed by atoms with van der Waals surface area (Å²) in [6.07, 6.45) is 0. The molecule has 1 nitrogen and oxygen atoms in total. The third-order valence-corrected chi connectivity index (χ3v) is 1.51. The molecule has 23 heavy (non-hydrogen) atoms. The van der Waals surface area contributed by atoms with Gasteiger partial charge < -0.3 is 4.74 Å². The van der Waals surface area contributed by atoms with Gasteiger partial charge in [-0.1, -0.05) is 93.1 Å². The lowest BCUT2D eigenvalue weighted by atomic mass is 10.0. The Morgan fingerprint density at radius 3 is 1.22 bits per heavy atom. The van der Waals surface area contributed by atoms with Gasteiger partial charge in [-0.3, -0.25) is 0 Å². The minimum atomic E-state index is -0.0458. The average Bonchev–Trinajstić information content (AvgIpc) is 2.22. The topological polar surface area (TPSA) is 9.23 Å². The largest absolute Gasteiger partial charge is 0.371 e. The molecule has 0 saturated heterocycles. The lowest BCUT2D eigenvalue weighted by molar-refractivity contribution is -0.0149. The second-order valence-electron chi connectivity index (χ2n) is 9.89. The summed E-state index contributed by atoms with van der Waals surface area (Å²) >= 11 is 0. The first kappa shape index (κ1) is 27.0. The van der Waals surface area contributed by atoms with Gasteiger partial charge in [0.1, 0.15) is 0 Å². The van der Waals surface area contributed by atoms with E-state index in [0.29, 0.717) is 17.4 Å². The maximum atomic E-state index is 5.62. The van der Waals surface area contributed by atoms with E-state index in [4.69, 9.17) is 4.74 Å². The summed E-state index contributed by atoms with van der Waals surface area (Å²) < 4.78 is 5.62. The molecule has 0 saturated carbocycles. The molecular formula is C22H44O. The van der Waals surface area contributed by atoms with Gasteiger partial charge in [-0.15, -0.1) is 0 Å². The van der Waals surface area contributed by atoms with Crippen LogP contribution in [0.5, 0.6) is 0 Å². The Morgan fingerprint density at radius 2 is 0.957 bits per heavy atom. The molecule has 0 bridgehead atoms. The molecule has 0 spiro atoms. The van der Waals surface area contributed by atoms with Gasteiger partial charge in [-0.05, 0) is 37.2 Å². The second kappa shape index (κ2) is 11.7. The summed E-state index contributed by atoms with van der Waals surface area (Å²) in [6, 6.07) is 10.2. The molecule has 0 aliphatic heterocycles. The van der Waals surface area contributed by atoms with Crippen molar-refractivity contribution in [3.63, 3.8) is 0 Å². The van der Waals surface area contributed by atoms with Gasteiger partial charge >= 0.3 is 0 Å². The van der Waals surface area contributed by atoms with Crippen LogP contribution in [0.25, 0.3) is 0 Å². The van der Waals surface area contributed by atoms with E-state index < -0.39 is 0 Å². The van der Waals surface area contributed by atoms with Crippen LogP contribution in [0.1, 0.15) is 89.2 Å². The van der Waals surface area contributed by atoms with Gasteiger partial charge in [-0.2, -0.15) is 0 Å². The molecule has 0 unspecified atom stereocenters. The summed E-state index contributed by atoms with van der Waals surface area (Å²) in [7, 11) is 0. The van der Waals surface area contributed by atoms with Crippen LogP contribution in [0.3, 0.4) is 0 Å². The first-order chi connectivity index (χ1) is 9.58. The molecule has 0 atom stereocenters. The molecule has 1 aromatic rings. The van der Waals surface area contributed by atoms with Crippen molar-refractivity contribution < 1.29 is 4.74 Å². The Kier molecular flexibility index (Phi) is 13.7. The van der Waals surface area contributed by atoms with Gasteiger partial charge in [0.2, 0.25) is 0 Å². The predicted octanol–water partition coefficient (Wildman–Crippen LogP) is 7.74. The van der Waals surface area contributed by atoms with Crippen LogP contribution >= 0.6 is 0 Å². The quantitative estimate of drug-likeness (QED) is 0.540. The Morgan fingerprint density at radius 1 is 0.652 bits per heavy atom. The molecule has 0 heterocycles. The Hall–Kier alpha value is -0.820. The fourth-order valence-electron chi connectivity index (χ4n) is 0.874. The van der Waals surface area contributed by atoms with E-state index in [2.05, 4.69) is 88.3 Å².